The lowest BCUT2D eigenvalue weighted by Crippen LogP contribution is -2.58. The molecular formula is C25H24F3N3O4S. The van der Waals surface area contributed by atoms with Crippen LogP contribution in [0.5, 0.6) is 5.75 Å². The maximum atomic E-state index is 13.1. The quantitative estimate of drug-likeness (QED) is 0.418. The van der Waals surface area contributed by atoms with Gasteiger partial charge >= 0.3 is 6.36 Å². The third kappa shape index (κ3) is 4.66. The molecular weight excluding hydrogens is 495 g/mol. The Morgan fingerprint density at radius 1 is 0.917 bits per heavy atom. The highest BCUT2D eigenvalue weighted by Crippen LogP contribution is 2.35. The maximum Gasteiger partial charge on any atom is 0.573 e. The Labute approximate surface area is 205 Å². The number of piperidine rings is 1. The standard InChI is InChI=1S/C25H24F3N3O4S/c1-30-14-20(29-36(33,34)17-12-10-16(11-13-17)35-25(26,27)28)24(32)23(15-30)31-21-8-4-2-6-18(21)19-7-3-5-9-22(19)31/h2-13,20,23-24,29,32H,14-15H2,1H3/t20-,23?,24+/m1/s1. The van der Waals surface area contributed by atoms with E-state index in [1.54, 1.807) is 0 Å². The molecule has 2 heterocycles. The molecule has 11 heteroatoms. The van der Waals surface area contributed by atoms with Crippen molar-refractivity contribution in [3.63, 3.8) is 0 Å². The van der Waals surface area contributed by atoms with Gasteiger partial charge in [-0.1, -0.05) is 36.4 Å². The number of para-hydroxylation sites is 2. The van der Waals surface area contributed by atoms with Gasteiger partial charge in [-0.25, -0.2) is 13.1 Å². The number of rotatable bonds is 5. The van der Waals surface area contributed by atoms with Crippen molar-refractivity contribution in [3.8, 4) is 5.75 Å². The molecule has 1 aliphatic rings. The van der Waals surface area contributed by atoms with Crippen LogP contribution in [0.1, 0.15) is 6.04 Å². The number of nitrogens with zero attached hydrogens (tertiary/aromatic N) is 2. The van der Waals surface area contributed by atoms with Crippen molar-refractivity contribution in [2.24, 2.45) is 0 Å². The van der Waals surface area contributed by atoms with E-state index in [0.717, 1.165) is 46.1 Å². The number of halogens is 3. The number of alkyl halides is 3. The number of hydrogen-bond acceptors (Lipinski definition) is 5. The van der Waals surface area contributed by atoms with E-state index in [9.17, 15) is 26.7 Å². The number of fused-ring (bicyclic) bond motifs is 3. The number of aliphatic hydroxyl groups excluding tert-OH is 1. The number of aliphatic hydroxyl groups is 1. The van der Waals surface area contributed by atoms with Crippen LogP contribution in [0.15, 0.2) is 77.7 Å². The van der Waals surface area contributed by atoms with Gasteiger partial charge in [-0.3, -0.25) is 0 Å². The van der Waals surface area contributed by atoms with Gasteiger partial charge in [0.15, 0.2) is 0 Å². The number of likely N-dealkylation sites (tertiary alicyclic amines) is 1. The third-order valence-electron chi connectivity index (χ3n) is 6.44. The predicted molar refractivity (Wildman–Crippen MR) is 129 cm³/mol. The molecule has 0 aliphatic carbocycles. The van der Waals surface area contributed by atoms with E-state index < -0.39 is 40.3 Å². The summed E-state index contributed by atoms with van der Waals surface area (Å²) in [6.45, 7) is 0.745. The van der Waals surface area contributed by atoms with Crippen LogP contribution in [0.2, 0.25) is 0 Å². The minimum atomic E-state index is -4.88. The van der Waals surface area contributed by atoms with Crippen LogP contribution < -0.4 is 9.46 Å². The van der Waals surface area contributed by atoms with Gasteiger partial charge in [0.1, 0.15) is 5.75 Å². The minimum Gasteiger partial charge on any atom is -0.406 e. The van der Waals surface area contributed by atoms with E-state index in [2.05, 4.69) is 14.0 Å². The number of sulfonamides is 1. The molecule has 1 aliphatic heterocycles. The highest BCUT2D eigenvalue weighted by molar-refractivity contribution is 7.89. The molecule has 36 heavy (non-hydrogen) atoms. The number of nitrogens with one attached hydrogen (secondary N) is 1. The molecule has 1 saturated heterocycles. The van der Waals surface area contributed by atoms with Crippen LogP contribution >= 0.6 is 0 Å². The maximum absolute atomic E-state index is 13.1. The molecule has 0 radical (unpaired) electrons. The van der Waals surface area contributed by atoms with Crippen molar-refractivity contribution in [3.05, 3.63) is 72.8 Å². The van der Waals surface area contributed by atoms with Crippen molar-refractivity contribution >= 4 is 31.8 Å². The molecule has 190 valence electrons. The van der Waals surface area contributed by atoms with E-state index in [1.165, 1.54) is 0 Å². The van der Waals surface area contributed by atoms with E-state index in [0.29, 0.717) is 6.54 Å². The summed E-state index contributed by atoms with van der Waals surface area (Å²) < 4.78 is 71.8. The lowest BCUT2D eigenvalue weighted by Gasteiger charge is -2.41. The Kier molecular flexibility index (Phi) is 6.19. The van der Waals surface area contributed by atoms with Crippen molar-refractivity contribution < 1.29 is 31.4 Å². The Morgan fingerprint density at radius 3 is 2.03 bits per heavy atom. The minimum absolute atomic E-state index is 0.231. The molecule has 0 amide bonds. The molecule has 7 nitrogen and oxygen atoms in total. The molecule has 4 aromatic rings. The summed E-state index contributed by atoms with van der Waals surface area (Å²) in [5, 5.41) is 13.5. The topological polar surface area (TPSA) is 83.8 Å². The SMILES string of the molecule is CN1CC(n2c3ccccc3c3ccccc32)[C@@H](O)[C@H](NS(=O)(=O)c2ccc(OC(F)(F)F)cc2)C1. The van der Waals surface area contributed by atoms with Gasteiger partial charge in [-0.05, 0) is 43.4 Å². The Balaban J connectivity index is 1.45. The van der Waals surface area contributed by atoms with Gasteiger partial charge in [0.05, 0.1) is 23.1 Å². The Hall–Kier alpha value is -3.12. The first kappa shape index (κ1) is 24.6. The second-order valence-electron chi connectivity index (χ2n) is 8.93. The zero-order valence-corrected chi connectivity index (χ0v) is 20.0. The summed E-state index contributed by atoms with van der Waals surface area (Å²) in [7, 11) is -2.29. The lowest BCUT2D eigenvalue weighted by atomic mass is 9.97. The van der Waals surface area contributed by atoms with Gasteiger partial charge in [-0.15, -0.1) is 13.2 Å². The molecule has 3 atom stereocenters. The van der Waals surface area contributed by atoms with Crippen LogP contribution in [-0.4, -0.2) is 61.6 Å². The molecule has 0 spiro atoms. The summed E-state index contributed by atoms with van der Waals surface area (Å²) in [6, 6.07) is 18.3. The predicted octanol–water partition coefficient (Wildman–Crippen LogP) is 3.89. The van der Waals surface area contributed by atoms with Crippen molar-refractivity contribution in [2.75, 3.05) is 20.1 Å². The second kappa shape index (κ2) is 9.07. The van der Waals surface area contributed by atoms with Crippen molar-refractivity contribution in [2.45, 2.75) is 29.4 Å². The number of likely N-dealkylation sites (N-methyl/N-ethyl adjacent to an activating group) is 1. The van der Waals surface area contributed by atoms with Crippen LogP contribution in [-0.2, 0) is 10.0 Å². The van der Waals surface area contributed by atoms with E-state index in [-0.39, 0.29) is 11.4 Å². The van der Waals surface area contributed by atoms with Gasteiger partial charge < -0.3 is 19.3 Å². The van der Waals surface area contributed by atoms with E-state index in [4.69, 9.17) is 0 Å². The summed E-state index contributed by atoms with van der Waals surface area (Å²) in [4.78, 5) is 1.71. The zero-order chi connectivity index (χ0) is 25.7. The summed E-state index contributed by atoms with van der Waals surface area (Å²) >= 11 is 0. The first-order valence-corrected chi connectivity index (χ1v) is 12.7. The summed E-state index contributed by atoms with van der Waals surface area (Å²) in [6.07, 6.45) is -5.94. The fraction of sp³-hybridized carbons (Fsp3) is 0.280. The monoisotopic (exact) mass is 519 g/mol. The second-order valence-corrected chi connectivity index (χ2v) is 10.6. The summed E-state index contributed by atoms with van der Waals surface area (Å²) in [5.74, 6) is -0.523. The van der Waals surface area contributed by atoms with Crippen molar-refractivity contribution in [1.29, 1.82) is 0 Å². The molecule has 2 N–H and O–H groups in total. The number of aromatic nitrogens is 1. The first-order chi connectivity index (χ1) is 17.0. The number of ether oxygens (including phenoxy) is 1. The molecule has 1 unspecified atom stereocenters. The summed E-state index contributed by atoms with van der Waals surface area (Å²) in [5.41, 5.74) is 1.86. The lowest BCUT2D eigenvalue weighted by molar-refractivity contribution is -0.274. The van der Waals surface area contributed by atoms with Gasteiger partial charge in [0, 0.05) is 34.9 Å². The number of hydrogen-bond donors (Lipinski definition) is 2. The van der Waals surface area contributed by atoms with Crippen LogP contribution in [0.3, 0.4) is 0 Å². The molecule has 0 bridgehead atoms. The third-order valence-corrected chi connectivity index (χ3v) is 7.94. The molecule has 0 saturated carbocycles. The van der Waals surface area contributed by atoms with Gasteiger partial charge in [0.2, 0.25) is 10.0 Å². The fourth-order valence-electron chi connectivity index (χ4n) is 4.95. The van der Waals surface area contributed by atoms with E-state index >= 15 is 0 Å². The highest BCUT2D eigenvalue weighted by atomic mass is 32.2. The van der Waals surface area contributed by atoms with Crippen LogP contribution in [0.4, 0.5) is 13.2 Å². The Morgan fingerprint density at radius 2 is 1.47 bits per heavy atom. The average molecular weight is 520 g/mol. The average Bonchev–Trinajstić information content (AvgIpc) is 3.15. The van der Waals surface area contributed by atoms with Crippen molar-refractivity contribution in [1.82, 2.24) is 14.2 Å². The van der Waals surface area contributed by atoms with Crippen LogP contribution in [0.25, 0.3) is 21.8 Å². The normalized spacial score (nSPS) is 21.8. The number of benzene rings is 3. The van der Waals surface area contributed by atoms with E-state index in [1.807, 2.05) is 60.5 Å². The smallest absolute Gasteiger partial charge is 0.406 e. The van der Waals surface area contributed by atoms with Gasteiger partial charge in [-0.2, -0.15) is 0 Å². The van der Waals surface area contributed by atoms with Crippen LogP contribution in [0, 0.1) is 0 Å². The molecule has 3 aromatic carbocycles. The molecule has 1 aromatic heterocycles. The molecule has 5 rings (SSSR count). The highest BCUT2D eigenvalue weighted by Gasteiger charge is 2.39. The Bertz CT molecular complexity index is 1450. The zero-order valence-electron chi connectivity index (χ0n) is 19.2. The first-order valence-electron chi connectivity index (χ1n) is 11.3. The largest absolute Gasteiger partial charge is 0.573 e. The van der Waals surface area contributed by atoms with Gasteiger partial charge in [0.25, 0.3) is 0 Å². The molecule has 1 fully saturated rings. The fourth-order valence-corrected chi connectivity index (χ4v) is 6.20.